The predicted molar refractivity (Wildman–Crippen MR) is 82.6 cm³/mol. The summed E-state index contributed by atoms with van der Waals surface area (Å²) in [5.74, 6) is -0.268. The highest BCUT2D eigenvalue weighted by Crippen LogP contribution is 2.61. The Morgan fingerprint density at radius 1 is 1.21 bits per heavy atom. The molecule has 0 bridgehead atoms. The van der Waals surface area contributed by atoms with E-state index in [1.807, 2.05) is 6.07 Å². The number of furan rings is 1. The first-order valence-electron chi connectivity index (χ1n) is 8.78. The van der Waals surface area contributed by atoms with Crippen molar-refractivity contribution in [1.29, 1.82) is 0 Å². The van der Waals surface area contributed by atoms with Crippen LogP contribution in [0.2, 0.25) is 0 Å². The van der Waals surface area contributed by atoms with E-state index in [9.17, 15) is 9.59 Å². The topological polar surface area (TPSA) is 65.7 Å². The minimum Gasteiger partial charge on any atom is -0.472 e. The molecular weight excluding hydrogens is 308 g/mol. The molecule has 3 unspecified atom stereocenters. The average molecular weight is 328 g/mol. The lowest BCUT2D eigenvalue weighted by Gasteiger charge is -2.43. The largest absolute Gasteiger partial charge is 0.472 e. The lowest BCUT2D eigenvalue weighted by molar-refractivity contribution is -0.150. The Morgan fingerprint density at radius 3 is 2.88 bits per heavy atom. The molecule has 2 aliphatic heterocycles. The highest BCUT2D eigenvalue weighted by molar-refractivity contribution is 5.87. The predicted octanol–water partition coefficient (Wildman–Crippen LogP) is 3.32. The Labute approximate surface area is 140 Å². The Morgan fingerprint density at radius 2 is 2.08 bits per heavy atom. The normalized spacial score (nSPS) is 40.7. The summed E-state index contributed by atoms with van der Waals surface area (Å²) >= 11 is 0. The van der Waals surface area contributed by atoms with E-state index in [1.54, 1.807) is 12.5 Å². The molecule has 5 rings (SSSR count). The molecule has 1 spiro atoms. The van der Waals surface area contributed by atoms with Gasteiger partial charge in [0.25, 0.3) is 0 Å². The summed E-state index contributed by atoms with van der Waals surface area (Å²) in [6.45, 7) is 2.10. The molecule has 5 atom stereocenters. The highest BCUT2D eigenvalue weighted by atomic mass is 16.6. The van der Waals surface area contributed by atoms with Gasteiger partial charge in [-0.3, -0.25) is 9.59 Å². The fourth-order valence-electron chi connectivity index (χ4n) is 5.36. The Hall–Kier alpha value is -2.04. The minimum absolute atomic E-state index is 0.103. The van der Waals surface area contributed by atoms with Gasteiger partial charge in [-0.25, -0.2) is 0 Å². The Bertz CT molecular complexity index is 746. The van der Waals surface area contributed by atoms with Crippen LogP contribution in [0, 0.1) is 17.3 Å². The zero-order valence-electron chi connectivity index (χ0n) is 13.6. The number of esters is 2. The van der Waals surface area contributed by atoms with E-state index in [4.69, 9.17) is 13.9 Å². The van der Waals surface area contributed by atoms with E-state index >= 15 is 0 Å². The fraction of sp³-hybridized carbons (Fsp3) is 0.579. The third-order valence-electron chi connectivity index (χ3n) is 6.52. The van der Waals surface area contributed by atoms with Crippen LogP contribution in [0.25, 0.3) is 0 Å². The van der Waals surface area contributed by atoms with Crippen molar-refractivity contribution >= 4 is 11.9 Å². The summed E-state index contributed by atoms with van der Waals surface area (Å²) in [5, 5.41) is 0. The Balaban J connectivity index is 1.63. The monoisotopic (exact) mass is 328 g/mol. The fourth-order valence-corrected chi connectivity index (χ4v) is 5.36. The first-order chi connectivity index (χ1) is 11.6. The highest BCUT2D eigenvalue weighted by Gasteiger charge is 2.62. The molecule has 3 heterocycles. The van der Waals surface area contributed by atoms with Crippen molar-refractivity contribution in [3.05, 3.63) is 35.3 Å². The van der Waals surface area contributed by atoms with E-state index in [0.29, 0.717) is 12.8 Å². The van der Waals surface area contributed by atoms with Crippen LogP contribution in [0.3, 0.4) is 0 Å². The molecule has 2 fully saturated rings. The number of ether oxygens (including phenoxy) is 2. The molecule has 2 aliphatic carbocycles. The van der Waals surface area contributed by atoms with Gasteiger partial charge < -0.3 is 13.9 Å². The van der Waals surface area contributed by atoms with Crippen molar-refractivity contribution in [3.8, 4) is 0 Å². The van der Waals surface area contributed by atoms with Crippen LogP contribution >= 0.6 is 0 Å². The number of rotatable bonds is 1. The number of cyclic esters (lactones) is 1. The number of carbonyl (C=O) groups is 2. The van der Waals surface area contributed by atoms with Crippen LogP contribution in [0.1, 0.15) is 50.7 Å². The molecular formula is C19H20O5. The minimum atomic E-state index is -0.597. The van der Waals surface area contributed by atoms with Gasteiger partial charge >= 0.3 is 11.9 Å². The number of hydrogen-bond donors (Lipinski definition) is 0. The van der Waals surface area contributed by atoms with Crippen LogP contribution < -0.4 is 0 Å². The van der Waals surface area contributed by atoms with Gasteiger partial charge in [-0.1, -0.05) is 6.92 Å². The molecule has 0 radical (unpaired) electrons. The molecule has 2 saturated heterocycles. The molecule has 0 aromatic carbocycles. The molecule has 0 amide bonds. The number of carbonyl (C=O) groups excluding carboxylic acids is 2. The SMILES string of the molecule is CC1CC2OC(=O)C3CCCC(=C23)[C@@]12C[C@@H](c1ccoc1)OC2=O. The van der Waals surface area contributed by atoms with Gasteiger partial charge in [0.2, 0.25) is 0 Å². The second kappa shape index (κ2) is 4.74. The van der Waals surface area contributed by atoms with E-state index in [0.717, 1.165) is 36.0 Å². The third-order valence-corrected chi connectivity index (χ3v) is 6.52. The van der Waals surface area contributed by atoms with Crippen LogP contribution in [0.15, 0.2) is 34.2 Å². The maximum Gasteiger partial charge on any atom is 0.317 e. The molecule has 0 saturated carbocycles. The van der Waals surface area contributed by atoms with Crippen LogP contribution in [-0.4, -0.2) is 18.0 Å². The van der Waals surface area contributed by atoms with E-state index in [1.165, 1.54) is 0 Å². The third kappa shape index (κ3) is 1.65. The average Bonchev–Trinajstić information content (AvgIpc) is 3.26. The van der Waals surface area contributed by atoms with Crippen molar-refractivity contribution in [2.45, 2.75) is 51.2 Å². The summed E-state index contributed by atoms with van der Waals surface area (Å²) in [6, 6.07) is 1.86. The molecule has 5 nitrogen and oxygen atoms in total. The van der Waals surface area contributed by atoms with Crippen molar-refractivity contribution < 1.29 is 23.5 Å². The molecule has 24 heavy (non-hydrogen) atoms. The van der Waals surface area contributed by atoms with Gasteiger partial charge in [-0.05, 0) is 48.8 Å². The molecule has 5 heteroatoms. The van der Waals surface area contributed by atoms with Crippen molar-refractivity contribution in [2.75, 3.05) is 0 Å². The zero-order chi connectivity index (χ0) is 16.5. The lowest BCUT2D eigenvalue weighted by atomic mass is 9.57. The van der Waals surface area contributed by atoms with Crippen LogP contribution in [0.4, 0.5) is 0 Å². The number of hydrogen-bond acceptors (Lipinski definition) is 5. The molecule has 0 N–H and O–H groups in total. The maximum absolute atomic E-state index is 13.0. The number of fused-ring (bicyclic) bond motifs is 1. The summed E-state index contributed by atoms with van der Waals surface area (Å²) in [4.78, 5) is 25.2. The second-order valence-electron chi connectivity index (χ2n) is 7.57. The van der Waals surface area contributed by atoms with Crippen molar-refractivity contribution in [2.24, 2.45) is 17.3 Å². The first-order valence-corrected chi connectivity index (χ1v) is 8.78. The quantitative estimate of drug-likeness (QED) is 0.584. The summed E-state index contributed by atoms with van der Waals surface area (Å²) in [6.07, 6.45) is 6.88. The molecule has 4 aliphatic rings. The summed E-state index contributed by atoms with van der Waals surface area (Å²) < 4.78 is 16.6. The van der Waals surface area contributed by atoms with Crippen molar-refractivity contribution in [3.63, 3.8) is 0 Å². The summed E-state index contributed by atoms with van der Waals surface area (Å²) in [5.41, 5.74) is 2.56. The smallest absolute Gasteiger partial charge is 0.317 e. The van der Waals surface area contributed by atoms with E-state index in [-0.39, 0.29) is 36.0 Å². The van der Waals surface area contributed by atoms with Gasteiger partial charge in [0.05, 0.1) is 23.9 Å². The van der Waals surface area contributed by atoms with Gasteiger partial charge in [-0.15, -0.1) is 0 Å². The van der Waals surface area contributed by atoms with Crippen molar-refractivity contribution in [1.82, 2.24) is 0 Å². The first kappa shape index (κ1) is 14.3. The lowest BCUT2D eigenvalue weighted by Crippen LogP contribution is -2.44. The van der Waals surface area contributed by atoms with E-state index < -0.39 is 5.41 Å². The van der Waals surface area contributed by atoms with Crippen LogP contribution in [0.5, 0.6) is 0 Å². The standard InChI is InChI=1S/C19H20O5/c1-10-7-14-16-12(17(20)23-14)3-2-4-13(16)19(10)8-15(24-18(19)21)11-5-6-22-9-11/h5-6,9-10,12,14-15H,2-4,7-8H2,1H3/t10?,12?,14?,15-,19+/m0/s1. The molecule has 1 aromatic heterocycles. The zero-order valence-corrected chi connectivity index (χ0v) is 13.6. The molecule has 126 valence electrons. The van der Waals surface area contributed by atoms with Crippen LogP contribution in [-0.2, 0) is 19.1 Å². The second-order valence-corrected chi connectivity index (χ2v) is 7.57. The summed E-state index contributed by atoms with van der Waals surface area (Å²) in [7, 11) is 0. The van der Waals surface area contributed by atoms with Gasteiger partial charge in [0, 0.05) is 12.0 Å². The van der Waals surface area contributed by atoms with Gasteiger partial charge in [0.15, 0.2) is 0 Å². The molecule has 1 aromatic rings. The van der Waals surface area contributed by atoms with Gasteiger partial charge in [0.1, 0.15) is 12.2 Å². The Kier molecular flexibility index (Phi) is 2.83. The van der Waals surface area contributed by atoms with E-state index in [2.05, 4.69) is 6.92 Å². The maximum atomic E-state index is 13.0. The van der Waals surface area contributed by atoms with Gasteiger partial charge in [-0.2, -0.15) is 0 Å².